The molecule has 5 heteroatoms. The van der Waals surface area contributed by atoms with Gasteiger partial charge < -0.3 is 9.84 Å². The topological polar surface area (TPSA) is 83.2 Å². The van der Waals surface area contributed by atoms with Crippen LogP contribution in [0.3, 0.4) is 0 Å². The third-order valence-electron chi connectivity index (χ3n) is 11.5. The van der Waals surface area contributed by atoms with E-state index in [0.29, 0.717) is 54.1 Å². The van der Waals surface area contributed by atoms with E-state index in [1.807, 2.05) is 13.0 Å². The molecule has 1 aromatic heterocycles. The largest absolute Gasteiger partial charge is 0.387 e. The fraction of sp³-hybridized carbons (Fsp3) is 0.774. The fourth-order valence-electron chi connectivity index (χ4n) is 9.69. The molecule has 0 bridgehead atoms. The van der Waals surface area contributed by atoms with Crippen molar-refractivity contribution in [1.82, 2.24) is 4.98 Å². The van der Waals surface area contributed by atoms with Crippen molar-refractivity contribution < 1.29 is 14.6 Å². The van der Waals surface area contributed by atoms with Crippen LogP contribution in [0.1, 0.15) is 96.2 Å². The van der Waals surface area contributed by atoms with Gasteiger partial charge >= 0.3 is 0 Å². The summed E-state index contributed by atoms with van der Waals surface area (Å²) in [5, 5.41) is 20.3. The summed E-state index contributed by atoms with van der Waals surface area (Å²) in [5.74, 6) is 3.13. The van der Waals surface area contributed by atoms with Crippen LogP contribution in [-0.2, 0) is 16.0 Å². The first-order valence-corrected chi connectivity index (χ1v) is 14.5. The summed E-state index contributed by atoms with van der Waals surface area (Å²) in [6.07, 6.45) is 13.1. The molecule has 1 heterocycles. The Labute approximate surface area is 217 Å². The fourth-order valence-corrected chi connectivity index (χ4v) is 9.69. The van der Waals surface area contributed by atoms with Crippen molar-refractivity contribution in [3.8, 4) is 6.07 Å². The highest BCUT2D eigenvalue weighted by molar-refractivity contribution is 5.84. The zero-order valence-electron chi connectivity index (χ0n) is 22.5. The van der Waals surface area contributed by atoms with Crippen LogP contribution in [0, 0.1) is 51.8 Å². The third-order valence-corrected chi connectivity index (χ3v) is 11.5. The van der Waals surface area contributed by atoms with Gasteiger partial charge in [0.15, 0.2) is 0 Å². The summed E-state index contributed by atoms with van der Waals surface area (Å²) < 4.78 is 5.69. The molecule has 0 aromatic carbocycles. The monoisotopic (exact) mass is 492 g/mol. The SMILES string of the molecule is CCOC[C@@]1(O)CC[C@@]2(CC)[C@@H](CC[C@H]3[C@@H]4CC[C@H](C(=O)Cc5ccc(C#N)cn5)[C@@]4(C)CC[C@@H]32)C1. The lowest BCUT2D eigenvalue weighted by atomic mass is 9.42. The first-order valence-electron chi connectivity index (χ1n) is 14.5. The van der Waals surface area contributed by atoms with Crippen molar-refractivity contribution in [2.24, 2.45) is 40.4 Å². The molecule has 5 nitrogen and oxygen atoms in total. The van der Waals surface area contributed by atoms with E-state index in [4.69, 9.17) is 10.00 Å². The lowest BCUT2D eigenvalue weighted by molar-refractivity contribution is -0.173. The third kappa shape index (κ3) is 4.23. The number of ether oxygens (including phenoxy) is 1. The molecule has 1 N–H and O–H groups in total. The summed E-state index contributed by atoms with van der Waals surface area (Å²) in [6, 6.07) is 5.71. The molecule has 0 amide bonds. The van der Waals surface area contributed by atoms with Gasteiger partial charge in [-0.15, -0.1) is 0 Å². The molecular formula is C31H44N2O3. The molecule has 4 aliphatic carbocycles. The van der Waals surface area contributed by atoms with Crippen LogP contribution < -0.4 is 0 Å². The second kappa shape index (κ2) is 9.84. The van der Waals surface area contributed by atoms with E-state index in [1.54, 1.807) is 12.3 Å². The van der Waals surface area contributed by atoms with E-state index in [2.05, 4.69) is 24.9 Å². The molecule has 0 saturated heterocycles. The molecule has 0 unspecified atom stereocenters. The number of carbonyl (C=O) groups excluding carboxylic acids is 1. The molecule has 196 valence electrons. The van der Waals surface area contributed by atoms with Gasteiger partial charge in [0.25, 0.3) is 0 Å². The molecule has 36 heavy (non-hydrogen) atoms. The highest BCUT2D eigenvalue weighted by atomic mass is 16.5. The number of pyridine rings is 1. The first-order chi connectivity index (χ1) is 17.3. The second-order valence-corrected chi connectivity index (χ2v) is 12.8. The van der Waals surface area contributed by atoms with Crippen LogP contribution in [0.2, 0.25) is 0 Å². The maximum atomic E-state index is 13.5. The molecule has 5 rings (SSSR count). The Hall–Kier alpha value is -1.77. The Bertz CT molecular complexity index is 1000. The highest BCUT2D eigenvalue weighted by Crippen LogP contribution is 2.69. The van der Waals surface area contributed by atoms with Gasteiger partial charge in [-0.2, -0.15) is 5.26 Å². The van der Waals surface area contributed by atoms with E-state index in [9.17, 15) is 9.90 Å². The molecule has 4 fully saturated rings. The summed E-state index contributed by atoms with van der Waals surface area (Å²) in [6.45, 7) is 7.96. The van der Waals surface area contributed by atoms with Crippen LogP contribution in [0.4, 0.5) is 0 Å². The summed E-state index contributed by atoms with van der Waals surface area (Å²) in [4.78, 5) is 17.9. The Morgan fingerprint density at radius 2 is 1.97 bits per heavy atom. The van der Waals surface area contributed by atoms with Crippen molar-refractivity contribution in [2.45, 2.75) is 97.0 Å². The second-order valence-electron chi connectivity index (χ2n) is 12.8. The maximum absolute atomic E-state index is 13.5. The van der Waals surface area contributed by atoms with Crippen molar-refractivity contribution in [2.75, 3.05) is 13.2 Å². The van der Waals surface area contributed by atoms with Crippen LogP contribution in [-0.4, -0.2) is 34.7 Å². The van der Waals surface area contributed by atoms with Gasteiger partial charge in [-0.25, -0.2) is 0 Å². The lowest BCUT2D eigenvalue weighted by Crippen LogP contribution is -2.57. The number of nitriles is 1. The average Bonchev–Trinajstić information content (AvgIpc) is 3.25. The minimum absolute atomic E-state index is 0.0942. The molecule has 0 radical (unpaired) electrons. The van der Waals surface area contributed by atoms with Gasteiger partial charge in [-0.3, -0.25) is 9.78 Å². The van der Waals surface area contributed by atoms with E-state index in [1.165, 1.54) is 32.1 Å². The zero-order chi connectivity index (χ0) is 25.6. The Kier molecular flexibility index (Phi) is 7.07. The van der Waals surface area contributed by atoms with E-state index in [0.717, 1.165) is 43.7 Å². The van der Waals surface area contributed by atoms with Crippen molar-refractivity contribution in [1.29, 1.82) is 5.26 Å². The van der Waals surface area contributed by atoms with Gasteiger partial charge in [0.1, 0.15) is 11.9 Å². The van der Waals surface area contributed by atoms with Gasteiger partial charge in [0.2, 0.25) is 0 Å². The van der Waals surface area contributed by atoms with E-state index >= 15 is 0 Å². The first kappa shape index (κ1) is 25.9. The number of hydrogen-bond donors (Lipinski definition) is 1. The number of rotatable bonds is 7. The number of hydrogen-bond acceptors (Lipinski definition) is 5. The highest BCUT2D eigenvalue weighted by Gasteiger charge is 2.62. The van der Waals surface area contributed by atoms with Crippen molar-refractivity contribution in [3.63, 3.8) is 0 Å². The average molecular weight is 493 g/mol. The lowest BCUT2D eigenvalue weighted by Gasteiger charge is -2.63. The number of ketones is 1. The number of Topliss-reactive ketones (excluding diaryl/α,β-unsaturated/α-hetero) is 1. The zero-order valence-corrected chi connectivity index (χ0v) is 22.5. The number of fused-ring (bicyclic) bond motifs is 5. The number of carbonyl (C=O) groups is 1. The Morgan fingerprint density at radius 3 is 2.67 bits per heavy atom. The minimum atomic E-state index is -0.653. The van der Waals surface area contributed by atoms with Crippen LogP contribution in [0.25, 0.3) is 0 Å². The van der Waals surface area contributed by atoms with E-state index < -0.39 is 5.60 Å². The van der Waals surface area contributed by atoms with Gasteiger partial charge in [0, 0.05) is 30.8 Å². The van der Waals surface area contributed by atoms with E-state index in [-0.39, 0.29) is 11.3 Å². The van der Waals surface area contributed by atoms with Crippen molar-refractivity contribution >= 4 is 5.78 Å². The summed E-state index contributed by atoms with van der Waals surface area (Å²) in [5.41, 5.74) is 1.11. The number of aliphatic hydroxyl groups is 1. The summed E-state index contributed by atoms with van der Waals surface area (Å²) in [7, 11) is 0. The predicted molar refractivity (Wildman–Crippen MR) is 139 cm³/mol. The van der Waals surface area contributed by atoms with Gasteiger partial charge in [-0.1, -0.05) is 13.8 Å². The van der Waals surface area contributed by atoms with Gasteiger partial charge in [-0.05, 0) is 118 Å². The molecular weight excluding hydrogens is 448 g/mol. The molecule has 8 atom stereocenters. The number of nitrogens with zero attached hydrogens (tertiary/aromatic N) is 2. The van der Waals surface area contributed by atoms with Crippen LogP contribution in [0.5, 0.6) is 0 Å². The Balaban J connectivity index is 1.31. The smallest absolute Gasteiger partial charge is 0.142 e. The quantitative estimate of drug-likeness (QED) is 0.514. The number of aromatic nitrogens is 1. The Morgan fingerprint density at radius 1 is 1.14 bits per heavy atom. The maximum Gasteiger partial charge on any atom is 0.142 e. The minimum Gasteiger partial charge on any atom is -0.387 e. The van der Waals surface area contributed by atoms with Crippen LogP contribution >= 0.6 is 0 Å². The molecule has 4 aliphatic rings. The van der Waals surface area contributed by atoms with Gasteiger partial charge in [0.05, 0.1) is 17.8 Å². The summed E-state index contributed by atoms with van der Waals surface area (Å²) >= 11 is 0. The normalized spacial score (nSPS) is 41.6. The van der Waals surface area contributed by atoms with Crippen molar-refractivity contribution in [3.05, 3.63) is 29.6 Å². The molecule has 0 aliphatic heterocycles. The van der Waals surface area contributed by atoms with Crippen LogP contribution in [0.15, 0.2) is 18.3 Å². The predicted octanol–water partition coefficient (Wildman–Crippen LogP) is 5.88. The molecule has 0 spiro atoms. The molecule has 4 saturated carbocycles. The standard InChI is InChI=1S/C31H44N2O3/c1-4-31-15-14-30(35,20-36-5-2)17-22(31)7-9-24-25-10-11-27(29(25,3)13-12-26(24)31)28(34)16-23-8-6-21(18-32)19-33-23/h6,8,19,22,24-27,35H,4-5,7,9-17,20H2,1-3H3/t22-,24-,25-,26-,27+,29-,30+,31-/m0/s1. The molecule has 1 aromatic rings.